The Bertz CT molecular complexity index is 892. The van der Waals surface area contributed by atoms with Crippen molar-refractivity contribution in [1.82, 2.24) is 4.98 Å². The SMILES string of the molecule is Fc1cccc(-c2ccc(/C=C/[C@H]3[C@@H]4CC[C@@H](F)C[C@H]4CC34OCCO4)nc2)c1. The third-order valence-electron chi connectivity index (χ3n) is 6.69. The van der Waals surface area contributed by atoms with Crippen LogP contribution in [0.2, 0.25) is 0 Å². The summed E-state index contributed by atoms with van der Waals surface area (Å²) in [5, 5.41) is 0. The van der Waals surface area contributed by atoms with Gasteiger partial charge < -0.3 is 9.47 Å². The summed E-state index contributed by atoms with van der Waals surface area (Å²) >= 11 is 0. The number of benzene rings is 1. The molecule has 0 unspecified atom stereocenters. The third kappa shape index (κ3) is 3.62. The van der Waals surface area contributed by atoms with Crippen molar-refractivity contribution in [1.29, 1.82) is 0 Å². The molecule has 5 rings (SSSR count). The Morgan fingerprint density at radius 3 is 2.69 bits per heavy atom. The standard InChI is InChI=1S/C24H25F2NO2/c25-19-3-1-2-16(12-19)17-4-6-21(27-15-17)7-9-23-22-8-5-20(26)13-18(22)14-24(23)28-10-11-29-24/h1-4,6-7,9,12,15,18,20,22-23H,5,8,10-11,13-14H2/b9-7+/t18-,20+,22+,23-/m0/s1. The summed E-state index contributed by atoms with van der Waals surface area (Å²) in [5.41, 5.74) is 2.52. The van der Waals surface area contributed by atoms with E-state index in [9.17, 15) is 8.78 Å². The van der Waals surface area contributed by atoms with Gasteiger partial charge in [-0.1, -0.05) is 24.3 Å². The van der Waals surface area contributed by atoms with Crippen molar-refractivity contribution in [2.45, 2.75) is 37.6 Å². The minimum atomic E-state index is -0.700. The second-order valence-electron chi connectivity index (χ2n) is 8.41. The lowest BCUT2D eigenvalue weighted by atomic mass is 9.77. The number of ether oxygens (including phenoxy) is 2. The molecule has 1 spiro atoms. The van der Waals surface area contributed by atoms with Crippen molar-refractivity contribution < 1.29 is 18.3 Å². The Morgan fingerprint density at radius 1 is 1.07 bits per heavy atom. The van der Waals surface area contributed by atoms with Gasteiger partial charge in [0.1, 0.15) is 12.0 Å². The molecule has 2 heterocycles. The van der Waals surface area contributed by atoms with E-state index in [-0.39, 0.29) is 11.7 Å². The fourth-order valence-electron chi connectivity index (χ4n) is 5.38. The fourth-order valence-corrected chi connectivity index (χ4v) is 5.38. The van der Waals surface area contributed by atoms with Crippen LogP contribution in [-0.2, 0) is 9.47 Å². The highest BCUT2D eigenvalue weighted by molar-refractivity contribution is 5.63. The molecule has 1 aliphatic heterocycles. The normalized spacial score (nSPS) is 30.8. The van der Waals surface area contributed by atoms with Crippen molar-refractivity contribution in [3.63, 3.8) is 0 Å². The van der Waals surface area contributed by atoms with E-state index in [0.29, 0.717) is 37.9 Å². The van der Waals surface area contributed by atoms with Gasteiger partial charge in [0.15, 0.2) is 5.79 Å². The van der Waals surface area contributed by atoms with Gasteiger partial charge >= 0.3 is 0 Å². The first-order valence-corrected chi connectivity index (χ1v) is 10.5. The molecule has 0 radical (unpaired) electrons. The third-order valence-corrected chi connectivity index (χ3v) is 6.69. The van der Waals surface area contributed by atoms with E-state index in [1.807, 2.05) is 24.3 Å². The molecule has 3 aliphatic rings. The second-order valence-corrected chi connectivity index (χ2v) is 8.41. The summed E-state index contributed by atoms with van der Waals surface area (Å²) in [7, 11) is 0. The maximum atomic E-state index is 13.9. The Hall–Kier alpha value is -2.11. The molecule has 5 heteroatoms. The number of halogens is 2. The summed E-state index contributed by atoms with van der Waals surface area (Å²) in [4.78, 5) is 4.53. The van der Waals surface area contributed by atoms with Gasteiger partial charge in [-0.05, 0) is 60.9 Å². The van der Waals surface area contributed by atoms with Gasteiger partial charge in [-0.2, -0.15) is 0 Å². The molecular weight excluding hydrogens is 372 g/mol. The molecule has 3 nitrogen and oxygen atoms in total. The van der Waals surface area contributed by atoms with Gasteiger partial charge in [-0.15, -0.1) is 0 Å². The van der Waals surface area contributed by atoms with Crippen LogP contribution in [0.3, 0.4) is 0 Å². The van der Waals surface area contributed by atoms with Crippen molar-refractivity contribution in [3.8, 4) is 11.1 Å². The summed E-state index contributed by atoms with van der Waals surface area (Å²) in [6, 6.07) is 10.4. The van der Waals surface area contributed by atoms with Crippen LogP contribution in [0.4, 0.5) is 8.78 Å². The van der Waals surface area contributed by atoms with Crippen molar-refractivity contribution in [2.75, 3.05) is 13.2 Å². The van der Waals surface area contributed by atoms with Crippen LogP contribution in [0.5, 0.6) is 0 Å². The van der Waals surface area contributed by atoms with Gasteiger partial charge in [0.25, 0.3) is 0 Å². The average Bonchev–Trinajstić information content (AvgIpc) is 3.31. The molecule has 152 valence electrons. The van der Waals surface area contributed by atoms with Crippen LogP contribution in [-0.4, -0.2) is 30.2 Å². The van der Waals surface area contributed by atoms with Crippen molar-refractivity contribution >= 4 is 6.08 Å². The Morgan fingerprint density at radius 2 is 1.93 bits per heavy atom. The lowest BCUT2D eigenvalue weighted by molar-refractivity contribution is -0.175. The zero-order valence-corrected chi connectivity index (χ0v) is 16.3. The van der Waals surface area contributed by atoms with Crippen LogP contribution in [0, 0.1) is 23.6 Å². The zero-order chi connectivity index (χ0) is 19.8. The van der Waals surface area contributed by atoms with Crippen LogP contribution < -0.4 is 0 Å². The molecule has 29 heavy (non-hydrogen) atoms. The Labute approximate surface area is 169 Å². The topological polar surface area (TPSA) is 31.4 Å². The molecule has 2 aliphatic carbocycles. The summed E-state index contributed by atoms with van der Waals surface area (Å²) in [5.74, 6) is -0.0331. The molecule has 0 N–H and O–H groups in total. The van der Waals surface area contributed by atoms with E-state index in [2.05, 4.69) is 11.1 Å². The summed E-state index contributed by atoms with van der Waals surface area (Å²) in [6.07, 6.45) is 8.12. The number of nitrogens with zero attached hydrogens (tertiary/aromatic N) is 1. The first-order chi connectivity index (χ1) is 14.1. The zero-order valence-electron chi connectivity index (χ0n) is 16.3. The summed E-state index contributed by atoms with van der Waals surface area (Å²) in [6.45, 7) is 1.20. The monoisotopic (exact) mass is 397 g/mol. The first-order valence-electron chi connectivity index (χ1n) is 10.5. The maximum absolute atomic E-state index is 13.9. The van der Waals surface area contributed by atoms with E-state index in [0.717, 1.165) is 29.7 Å². The van der Waals surface area contributed by atoms with Crippen LogP contribution in [0.15, 0.2) is 48.7 Å². The molecule has 3 fully saturated rings. The van der Waals surface area contributed by atoms with Gasteiger partial charge in [0.05, 0.1) is 18.9 Å². The highest BCUT2D eigenvalue weighted by atomic mass is 19.1. The lowest BCUT2D eigenvalue weighted by Gasteiger charge is -2.32. The molecule has 1 aromatic heterocycles. The van der Waals surface area contributed by atoms with E-state index in [1.54, 1.807) is 12.3 Å². The Balaban J connectivity index is 1.37. The van der Waals surface area contributed by atoms with Crippen molar-refractivity contribution in [2.24, 2.45) is 17.8 Å². The highest BCUT2D eigenvalue weighted by Crippen LogP contribution is 2.55. The molecule has 2 aromatic rings. The van der Waals surface area contributed by atoms with Crippen molar-refractivity contribution in [3.05, 3.63) is 60.2 Å². The molecule has 2 saturated carbocycles. The number of hydrogen-bond acceptors (Lipinski definition) is 3. The lowest BCUT2D eigenvalue weighted by Crippen LogP contribution is -2.35. The maximum Gasteiger partial charge on any atom is 0.175 e. The number of hydrogen-bond donors (Lipinski definition) is 0. The van der Waals surface area contributed by atoms with Gasteiger partial charge in [-0.25, -0.2) is 8.78 Å². The van der Waals surface area contributed by atoms with Crippen LogP contribution >= 0.6 is 0 Å². The smallest absolute Gasteiger partial charge is 0.175 e. The van der Waals surface area contributed by atoms with Gasteiger partial charge in [0.2, 0.25) is 0 Å². The predicted molar refractivity (Wildman–Crippen MR) is 107 cm³/mol. The largest absolute Gasteiger partial charge is 0.347 e. The van der Waals surface area contributed by atoms with Gasteiger partial charge in [-0.3, -0.25) is 4.98 Å². The Kier molecular flexibility index (Phi) is 4.96. The minimum absolute atomic E-state index is 0.118. The fraction of sp³-hybridized carbons (Fsp3) is 0.458. The van der Waals surface area contributed by atoms with E-state index in [4.69, 9.17) is 9.47 Å². The minimum Gasteiger partial charge on any atom is -0.347 e. The van der Waals surface area contributed by atoms with E-state index in [1.165, 1.54) is 12.1 Å². The quantitative estimate of drug-likeness (QED) is 0.693. The molecule has 4 atom stereocenters. The first kappa shape index (κ1) is 18.9. The van der Waals surface area contributed by atoms with Crippen LogP contribution in [0.1, 0.15) is 31.4 Å². The van der Waals surface area contributed by atoms with Gasteiger partial charge in [0, 0.05) is 24.1 Å². The number of pyridine rings is 1. The highest BCUT2D eigenvalue weighted by Gasteiger charge is 2.57. The molecule has 0 bridgehead atoms. The van der Waals surface area contributed by atoms with E-state index < -0.39 is 12.0 Å². The van der Waals surface area contributed by atoms with Crippen LogP contribution in [0.25, 0.3) is 17.2 Å². The summed E-state index contributed by atoms with van der Waals surface area (Å²) < 4.78 is 39.5. The molecule has 1 aromatic carbocycles. The molecule has 1 saturated heterocycles. The predicted octanol–water partition coefficient (Wildman–Crippen LogP) is 5.42. The number of fused-ring (bicyclic) bond motifs is 1. The van der Waals surface area contributed by atoms with E-state index >= 15 is 0 Å². The number of rotatable bonds is 3. The molecule has 0 amide bonds. The second kappa shape index (κ2) is 7.62. The molecular formula is C24H25F2NO2. The number of aromatic nitrogens is 1. The number of alkyl halides is 1. The average molecular weight is 397 g/mol.